The fourth-order valence-electron chi connectivity index (χ4n) is 5.65. The van der Waals surface area contributed by atoms with Crippen molar-refractivity contribution in [1.29, 1.82) is 0 Å². The van der Waals surface area contributed by atoms with Gasteiger partial charge < -0.3 is 11.6 Å². The van der Waals surface area contributed by atoms with Crippen molar-refractivity contribution >= 4 is 24.2 Å². The van der Waals surface area contributed by atoms with Gasteiger partial charge >= 0.3 is 0 Å². The fraction of sp³-hybridized carbons (Fsp3) is 0.741. The Morgan fingerprint density at radius 1 is 0.700 bits per heavy atom. The van der Waals surface area contributed by atoms with Crippen LogP contribution >= 0.6 is 18.9 Å². The number of halogens is 1. The van der Waals surface area contributed by atoms with Crippen LogP contribution in [0.15, 0.2) is 18.2 Å². The van der Waals surface area contributed by atoms with E-state index in [1.165, 1.54) is 75.3 Å². The zero-order chi connectivity index (χ0) is 21.3. The van der Waals surface area contributed by atoms with E-state index in [0.29, 0.717) is 0 Å². The second-order valence-electron chi connectivity index (χ2n) is 11.8. The van der Waals surface area contributed by atoms with Gasteiger partial charge in [0.05, 0.1) is 5.30 Å². The molecule has 2 fully saturated rings. The van der Waals surface area contributed by atoms with Crippen molar-refractivity contribution in [3.05, 3.63) is 34.9 Å². The first-order chi connectivity index (χ1) is 13.6. The molecule has 0 unspecified atom stereocenters. The molecule has 0 spiro atoms. The Labute approximate surface area is 206 Å². The van der Waals surface area contributed by atoms with E-state index in [4.69, 9.17) is 11.6 Å². The molecule has 0 nitrogen and oxygen atoms in total. The molecule has 1 aromatic carbocycles. The second-order valence-corrected chi connectivity index (χ2v) is 16.2. The molecule has 3 rings (SSSR count). The molecule has 3 heteroatoms. The quantitative estimate of drug-likeness (QED) is 0.203. The van der Waals surface area contributed by atoms with Gasteiger partial charge in [-0.25, -0.2) is 0 Å². The van der Waals surface area contributed by atoms with Crippen molar-refractivity contribution in [2.45, 2.75) is 128 Å². The summed E-state index contributed by atoms with van der Waals surface area (Å²) < 4.78 is 0. The summed E-state index contributed by atoms with van der Waals surface area (Å²) in [5, 5.41) is 1.63. The predicted molar refractivity (Wildman–Crippen MR) is 134 cm³/mol. The van der Waals surface area contributed by atoms with Crippen molar-refractivity contribution in [3.63, 3.8) is 0 Å². The van der Waals surface area contributed by atoms with Gasteiger partial charge in [0.1, 0.15) is 0 Å². The summed E-state index contributed by atoms with van der Waals surface area (Å²) in [4.78, 5) is 0. The summed E-state index contributed by atoms with van der Waals surface area (Å²) in [6.45, 7) is 14.2. The average molecular weight is 541 g/mol. The molecule has 0 heterocycles. The summed E-state index contributed by atoms with van der Waals surface area (Å²) in [6, 6.07) is 7.66. The van der Waals surface area contributed by atoms with Crippen LogP contribution in [0.5, 0.6) is 0 Å². The zero-order valence-corrected chi connectivity index (χ0v) is 23.4. The maximum Gasteiger partial charge on any atom is 0.0670 e. The predicted octanol–water partition coefficient (Wildman–Crippen LogP) is 8.95. The Morgan fingerprint density at radius 2 is 1.07 bits per heavy atom. The fourth-order valence-corrected chi connectivity index (χ4v) is 12.0. The first-order valence-corrected chi connectivity index (χ1v) is 14.5. The van der Waals surface area contributed by atoms with Crippen LogP contribution in [0.2, 0.25) is 0 Å². The van der Waals surface area contributed by atoms with Crippen molar-refractivity contribution in [2.24, 2.45) is 0 Å². The van der Waals surface area contributed by atoms with E-state index < -0.39 is 7.26 Å². The molecule has 2 aliphatic rings. The first kappa shape index (κ1) is 26.9. The molecule has 2 aliphatic carbocycles. The summed E-state index contributed by atoms with van der Waals surface area (Å²) in [5.41, 5.74) is 7.19. The van der Waals surface area contributed by atoms with Crippen LogP contribution in [-0.4, -0.2) is 11.3 Å². The number of hydrogen-bond acceptors (Lipinski definition) is 0. The van der Waals surface area contributed by atoms with E-state index in [9.17, 15) is 0 Å². The van der Waals surface area contributed by atoms with E-state index in [0.717, 1.165) is 11.3 Å². The molecule has 0 aromatic heterocycles. The van der Waals surface area contributed by atoms with Gasteiger partial charge in [-0.3, -0.25) is 0 Å². The van der Waals surface area contributed by atoms with Gasteiger partial charge in [-0.2, -0.15) is 0 Å². The Morgan fingerprint density at radius 3 is 1.37 bits per heavy atom. The normalized spacial score (nSPS) is 20.1. The summed E-state index contributed by atoms with van der Waals surface area (Å²) in [6.07, 6.45) is 14.0. The molecule has 174 valence electrons. The minimum Gasteiger partial charge on any atom is -0.304 e. The van der Waals surface area contributed by atoms with Gasteiger partial charge in [0, 0.05) is 31.7 Å². The molecular formula is C27H44ClPPd. The molecule has 0 radical (unpaired) electrons. The van der Waals surface area contributed by atoms with Crippen molar-refractivity contribution in [1.82, 2.24) is 0 Å². The average Bonchev–Trinajstić information content (AvgIpc) is 2.69. The van der Waals surface area contributed by atoms with Crippen molar-refractivity contribution in [2.75, 3.05) is 0 Å². The third-order valence-corrected chi connectivity index (χ3v) is 13.5. The summed E-state index contributed by atoms with van der Waals surface area (Å²) >= 11 is 6.98. The molecule has 1 aromatic rings. The standard InChI is InChI=1S/C27H44ClP.Pd/c1-26(2,3)21-17-22(27(4,5)6)19-25(18-21)29(20-28,23-13-9-7-10-14-23)24-15-11-8-12-16-24;/h17-20,23-24H,7-16H2,1-6H3;. The van der Waals surface area contributed by atoms with Crippen LogP contribution in [0.1, 0.15) is 117 Å². The van der Waals surface area contributed by atoms with E-state index in [1.807, 2.05) is 0 Å². The van der Waals surface area contributed by atoms with E-state index >= 15 is 0 Å². The van der Waals surface area contributed by atoms with Crippen LogP contribution in [0.4, 0.5) is 0 Å². The van der Waals surface area contributed by atoms with Crippen LogP contribution in [0.3, 0.4) is 0 Å². The monoisotopic (exact) mass is 540 g/mol. The smallest absolute Gasteiger partial charge is 0.0670 e. The van der Waals surface area contributed by atoms with E-state index in [1.54, 1.807) is 5.30 Å². The molecule has 0 atom stereocenters. The molecule has 0 N–H and O–H groups in total. The Kier molecular flexibility index (Phi) is 9.57. The molecule has 0 saturated heterocycles. The van der Waals surface area contributed by atoms with Gasteiger partial charge in [0.2, 0.25) is 0 Å². The van der Waals surface area contributed by atoms with Crippen molar-refractivity contribution < 1.29 is 20.4 Å². The van der Waals surface area contributed by atoms with Crippen LogP contribution in [0.25, 0.3) is 0 Å². The van der Waals surface area contributed by atoms with Crippen LogP contribution < -0.4 is 5.30 Å². The van der Waals surface area contributed by atoms with Gasteiger partial charge in [-0.1, -0.05) is 73.3 Å². The maximum atomic E-state index is 6.98. The molecule has 0 bridgehead atoms. The topological polar surface area (TPSA) is 0 Å². The number of rotatable bonds is 4. The Bertz CT molecular complexity index is 623. The van der Waals surface area contributed by atoms with Crippen LogP contribution in [-0.2, 0) is 31.3 Å². The second kappa shape index (κ2) is 10.7. The van der Waals surface area contributed by atoms with Crippen molar-refractivity contribution in [3.8, 4) is 0 Å². The zero-order valence-electron chi connectivity index (χ0n) is 20.2. The van der Waals surface area contributed by atoms with Gasteiger partial charge in [-0.05, 0) is 85.5 Å². The Balaban J connectivity index is 0.00000320. The van der Waals surface area contributed by atoms with Gasteiger partial charge in [0.25, 0.3) is 0 Å². The molecule has 0 amide bonds. The first-order valence-electron chi connectivity index (χ1n) is 12.1. The molecule has 0 aliphatic heterocycles. The number of benzene rings is 1. The van der Waals surface area contributed by atoms with Crippen LogP contribution in [0, 0.1) is 5.62 Å². The minimum atomic E-state index is -1.53. The third-order valence-electron chi connectivity index (χ3n) is 7.62. The summed E-state index contributed by atoms with van der Waals surface area (Å²) in [5.74, 6) is 0. The SMILES string of the molecule is CC(C)(C)c1cc(C(C)(C)C)cc([P+]([CH-]Cl)(C2CCCCC2)C2CCCCC2)c1.[Pd]. The minimum absolute atomic E-state index is 0. The molecular weight excluding hydrogens is 497 g/mol. The van der Waals surface area contributed by atoms with E-state index in [-0.39, 0.29) is 31.3 Å². The number of hydrogen-bond donors (Lipinski definition) is 0. The largest absolute Gasteiger partial charge is 0.304 e. The Hall–Kier alpha value is 0.602. The van der Waals surface area contributed by atoms with Gasteiger partial charge in [0.15, 0.2) is 0 Å². The summed E-state index contributed by atoms with van der Waals surface area (Å²) in [7, 11) is -1.53. The molecule has 2 saturated carbocycles. The van der Waals surface area contributed by atoms with E-state index in [2.05, 4.69) is 65.4 Å². The van der Waals surface area contributed by atoms with Gasteiger partial charge in [-0.15, -0.1) is 0 Å². The maximum absolute atomic E-state index is 6.98. The third kappa shape index (κ3) is 5.74. The molecule has 30 heavy (non-hydrogen) atoms.